The van der Waals surface area contributed by atoms with E-state index in [4.69, 9.17) is 9.84 Å². The van der Waals surface area contributed by atoms with Gasteiger partial charge in [-0.15, -0.1) is 11.3 Å². The number of fused-ring (bicyclic) bond motifs is 2. The van der Waals surface area contributed by atoms with Crippen LogP contribution >= 0.6 is 27.3 Å². The topological polar surface area (TPSA) is 127 Å². The first-order chi connectivity index (χ1) is 18.5. The summed E-state index contributed by atoms with van der Waals surface area (Å²) in [5, 5.41) is 22.0. The van der Waals surface area contributed by atoms with Gasteiger partial charge in [-0.3, -0.25) is 14.9 Å². The molecule has 38 heavy (non-hydrogen) atoms. The molecule has 6 rings (SSSR count). The molecule has 0 saturated carbocycles. The Hall–Kier alpha value is -4.55. The van der Waals surface area contributed by atoms with Crippen molar-refractivity contribution in [1.29, 1.82) is 0 Å². The largest absolute Gasteiger partial charge is 0.482 e. The molecule has 1 amide bonds. The Kier molecular flexibility index (Phi) is 6.10. The fraction of sp³-hybridized carbons (Fsp3) is 0.0385. The van der Waals surface area contributed by atoms with Crippen LogP contribution in [0.25, 0.3) is 22.2 Å². The van der Waals surface area contributed by atoms with E-state index in [9.17, 15) is 14.9 Å². The first-order valence-electron chi connectivity index (χ1n) is 11.3. The zero-order valence-electron chi connectivity index (χ0n) is 19.4. The lowest BCUT2D eigenvalue weighted by Gasteiger charge is -2.18. The number of carbonyl (C=O) groups is 1. The van der Waals surface area contributed by atoms with E-state index >= 15 is 0 Å². The van der Waals surface area contributed by atoms with Crippen LogP contribution in [0.4, 0.5) is 17.1 Å². The first kappa shape index (κ1) is 23.8. The minimum absolute atomic E-state index is 0.0330. The zero-order valence-corrected chi connectivity index (χ0v) is 21.8. The third-order valence-corrected chi connectivity index (χ3v) is 7.19. The summed E-state index contributed by atoms with van der Waals surface area (Å²) in [6.45, 7) is -0.0330. The summed E-state index contributed by atoms with van der Waals surface area (Å²) in [7, 11) is 0. The number of nitro groups is 1. The molecule has 3 heterocycles. The maximum Gasteiger partial charge on any atom is 0.294 e. The SMILES string of the molecule is O=C1COc2ccc(-c3csc(=Nc4ccccc4[N+](=O)[O-])n3N=Cc3c[nH]c4ccc(Br)cc34)cc2N1. The molecule has 10 nitrogen and oxygen atoms in total. The van der Waals surface area contributed by atoms with E-state index < -0.39 is 4.92 Å². The fourth-order valence-corrected chi connectivity index (χ4v) is 5.30. The molecule has 3 aromatic carbocycles. The van der Waals surface area contributed by atoms with Gasteiger partial charge in [0, 0.05) is 44.1 Å². The molecule has 188 valence electrons. The van der Waals surface area contributed by atoms with E-state index in [1.807, 2.05) is 35.8 Å². The van der Waals surface area contributed by atoms with Gasteiger partial charge in [0.1, 0.15) is 11.4 Å². The van der Waals surface area contributed by atoms with Gasteiger partial charge in [0.15, 0.2) is 6.61 Å². The van der Waals surface area contributed by atoms with Crippen LogP contribution in [0, 0.1) is 10.1 Å². The number of hydrogen-bond donors (Lipinski definition) is 2. The van der Waals surface area contributed by atoms with Crippen molar-refractivity contribution in [1.82, 2.24) is 9.66 Å². The van der Waals surface area contributed by atoms with Crippen LogP contribution in [-0.2, 0) is 4.79 Å². The lowest BCUT2D eigenvalue weighted by Crippen LogP contribution is -2.25. The van der Waals surface area contributed by atoms with Gasteiger partial charge >= 0.3 is 0 Å². The van der Waals surface area contributed by atoms with Crippen LogP contribution in [0.2, 0.25) is 0 Å². The average Bonchev–Trinajstić information content (AvgIpc) is 3.50. The predicted octanol–water partition coefficient (Wildman–Crippen LogP) is 5.81. The number of anilines is 1. The van der Waals surface area contributed by atoms with Crippen LogP contribution < -0.4 is 14.9 Å². The molecule has 0 bridgehead atoms. The molecule has 2 N–H and O–H groups in total. The molecule has 1 aliphatic rings. The number of hydrogen-bond acceptors (Lipinski definition) is 7. The summed E-state index contributed by atoms with van der Waals surface area (Å²) in [5.74, 6) is 0.344. The highest BCUT2D eigenvalue weighted by Gasteiger charge is 2.18. The maximum absolute atomic E-state index is 11.9. The molecule has 12 heteroatoms. The minimum atomic E-state index is -0.461. The minimum Gasteiger partial charge on any atom is -0.482 e. The number of ether oxygens (including phenoxy) is 1. The van der Waals surface area contributed by atoms with Crippen molar-refractivity contribution in [3.05, 3.63) is 97.2 Å². The van der Waals surface area contributed by atoms with Crippen molar-refractivity contribution in [2.24, 2.45) is 10.1 Å². The summed E-state index contributed by atoms with van der Waals surface area (Å²) >= 11 is 4.81. The second-order valence-electron chi connectivity index (χ2n) is 8.30. The monoisotopic (exact) mass is 588 g/mol. The number of thiazole rings is 1. The molecule has 0 radical (unpaired) electrons. The van der Waals surface area contributed by atoms with Crippen molar-refractivity contribution >= 4 is 67.4 Å². The number of nitro benzene ring substituents is 1. The van der Waals surface area contributed by atoms with Crippen molar-refractivity contribution in [3.63, 3.8) is 0 Å². The summed E-state index contributed by atoms with van der Waals surface area (Å²) in [5.41, 5.74) is 3.93. The molecule has 0 saturated heterocycles. The lowest BCUT2D eigenvalue weighted by atomic mass is 10.1. The normalized spacial score (nSPS) is 13.5. The van der Waals surface area contributed by atoms with Gasteiger partial charge < -0.3 is 15.0 Å². The van der Waals surface area contributed by atoms with E-state index in [0.29, 0.717) is 21.9 Å². The van der Waals surface area contributed by atoms with Gasteiger partial charge in [-0.25, -0.2) is 9.67 Å². The van der Waals surface area contributed by atoms with Crippen molar-refractivity contribution < 1.29 is 14.5 Å². The van der Waals surface area contributed by atoms with E-state index in [1.165, 1.54) is 17.4 Å². The summed E-state index contributed by atoms with van der Waals surface area (Å²) < 4.78 is 8.06. The average molecular weight is 589 g/mol. The van der Waals surface area contributed by atoms with Gasteiger partial charge in [-0.05, 0) is 42.5 Å². The molecule has 0 aliphatic carbocycles. The highest BCUT2D eigenvalue weighted by Crippen LogP contribution is 2.33. The Morgan fingerprint density at radius 1 is 1.16 bits per heavy atom. The smallest absolute Gasteiger partial charge is 0.294 e. The summed E-state index contributed by atoms with van der Waals surface area (Å²) in [4.78, 5) is 31.2. The number of nitrogens with one attached hydrogen (secondary N) is 2. The molecule has 0 spiro atoms. The first-order valence-corrected chi connectivity index (χ1v) is 13.0. The van der Waals surface area contributed by atoms with Crippen molar-refractivity contribution in [2.75, 3.05) is 11.9 Å². The van der Waals surface area contributed by atoms with E-state index in [2.05, 4.69) is 31.2 Å². The van der Waals surface area contributed by atoms with Crippen LogP contribution in [-0.4, -0.2) is 33.3 Å². The van der Waals surface area contributed by atoms with Crippen LogP contribution in [0.3, 0.4) is 0 Å². The van der Waals surface area contributed by atoms with E-state index in [-0.39, 0.29) is 23.9 Å². The molecule has 2 aromatic heterocycles. The standard InChI is InChI=1S/C26H17BrN6O4S/c27-17-6-7-19-18(10-17)16(11-28-19)12-29-32-23(15-5-8-24-21(9-15)30-25(34)13-37-24)14-38-26(32)31-20-3-1-2-4-22(20)33(35)36/h1-12,14,28H,13H2,(H,30,34). The molecular formula is C26H17BrN6O4S. The van der Waals surface area contributed by atoms with Crippen molar-refractivity contribution in [2.45, 2.75) is 0 Å². The highest BCUT2D eigenvalue weighted by atomic mass is 79.9. The number of amides is 1. The molecular weight excluding hydrogens is 572 g/mol. The van der Waals surface area contributed by atoms with Crippen LogP contribution in [0.1, 0.15) is 5.56 Å². The number of H-pyrrole nitrogens is 1. The number of halogens is 1. The number of benzene rings is 3. The maximum atomic E-state index is 11.9. The Morgan fingerprint density at radius 3 is 2.89 bits per heavy atom. The Bertz CT molecular complexity index is 1840. The Morgan fingerprint density at radius 2 is 2.03 bits per heavy atom. The predicted molar refractivity (Wildman–Crippen MR) is 149 cm³/mol. The van der Waals surface area contributed by atoms with Gasteiger partial charge in [0.25, 0.3) is 11.6 Å². The van der Waals surface area contributed by atoms with E-state index in [0.717, 1.165) is 26.5 Å². The van der Waals surface area contributed by atoms with E-state index in [1.54, 1.807) is 41.2 Å². The Labute approximate surface area is 227 Å². The van der Waals surface area contributed by atoms with Crippen LogP contribution in [0.5, 0.6) is 5.75 Å². The van der Waals surface area contributed by atoms with Gasteiger partial charge in [-0.2, -0.15) is 5.10 Å². The summed E-state index contributed by atoms with van der Waals surface area (Å²) in [6.07, 6.45) is 3.57. The Balaban J connectivity index is 1.52. The molecule has 0 fully saturated rings. The molecule has 0 unspecified atom stereocenters. The number of aromatic nitrogens is 2. The molecule has 5 aromatic rings. The highest BCUT2D eigenvalue weighted by molar-refractivity contribution is 9.10. The number of rotatable bonds is 5. The lowest BCUT2D eigenvalue weighted by molar-refractivity contribution is -0.384. The number of aromatic amines is 1. The van der Waals surface area contributed by atoms with Gasteiger partial charge in [-0.1, -0.05) is 28.1 Å². The van der Waals surface area contributed by atoms with Crippen molar-refractivity contribution in [3.8, 4) is 17.0 Å². The molecule has 0 atom stereocenters. The fourth-order valence-electron chi connectivity index (χ4n) is 4.09. The zero-order chi connectivity index (χ0) is 26.2. The molecule has 1 aliphatic heterocycles. The number of para-hydroxylation sites is 2. The number of nitrogens with zero attached hydrogens (tertiary/aromatic N) is 4. The quantitative estimate of drug-likeness (QED) is 0.152. The third kappa shape index (κ3) is 4.51. The second-order valence-corrected chi connectivity index (χ2v) is 10.1. The summed E-state index contributed by atoms with van der Waals surface area (Å²) in [6, 6.07) is 17.7. The van der Waals surface area contributed by atoms with Gasteiger partial charge in [0.2, 0.25) is 4.80 Å². The number of carbonyl (C=O) groups excluding carboxylic acids is 1. The second kappa shape index (κ2) is 9.72. The third-order valence-electron chi connectivity index (χ3n) is 5.88. The van der Waals surface area contributed by atoms with Gasteiger partial charge in [0.05, 0.1) is 22.5 Å². The van der Waals surface area contributed by atoms with Crippen LogP contribution in [0.15, 0.2) is 86.8 Å².